The van der Waals surface area contributed by atoms with Crippen molar-refractivity contribution in [3.63, 3.8) is 0 Å². The molecule has 31 heavy (non-hydrogen) atoms. The van der Waals surface area contributed by atoms with Gasteiger partial charge in [-0.25, -0.2) is 4.79 Å². The summed E-state index contributed by atoms with van der Waals surface area (Å²) >= 11 is 0. The molecule has 5 heterocycles. The van der Waals surface area contributed by atoms with Crippen molar-refractivity contribution in [1.29, 1.82) is 0 Å². The molecule has 6 nitrogen and oxygen atoms in total. The minimum atomic E-state index is -0.201. The Kier molecular flexibility index (Phi) is 4.75. The normalized spacial score (nSPS) is 28.7. The molecule has 1 amide bonds. The van der Waals surface area contributed by atoms with Crippen molar-refractivity contribution < 1.29 is 19.0 Å². The summed E-state index contributed by atoms with van der Waals surface area (Å²) in [5.41, 5.74) is 3.48. The van der Waals surface area contributed by atoms with Crippen LogP contribution in [0.25, 0.3) is 0 Å². The second-order valence-electron chi connectivity index (χ2n) is 9.01. The van der Waals surface area contributed by atoms with Crippen molar-refractivity contribution >= 4 is 6.09 Å². The first-order valence-corrected chi connectivity index (χ1v) is 11.4. The lowest BCUT2D eigenvalue weighted by molar-refractivity contribution is -0.0462. The van der Waals surface area contributed by atoms with Gasteiger partial charge in [0.1, 0.15) is 19.3 Å². The average Bonchev–Trinajstić information content (AvgIpc) is 2.83. The number of fused-ring (bicyclic) bond motifs is 5. The lowest BCUT2D eigenvalue weighted by atomic mass is 9.86. The van der Waals surface area contributed by atoms with E-state index in [0.29, 0.717) is 25.7 Å². The van der Waals surface area contributed by atoms with Crippen molar-refractivity contribution in [3.8, 4) is 11.5 Å². The summed E-state index contributed by atoms with van der Waals surface area (Å²) < 4.78 is 17.7. The van der Waals surface area contributed by atoms with Crippen LogP contribution in [0.4, 0.5) is 4.79 Å². The highest BCUT2D eigenvalue weighted by atomic mass is 16.6. The van der Waals surface area contributed by atoms with Crippen molar-refractivity contribution in [2.75, 3.05) is 39.4 Å². The average molecular weight is 421 g/mol. The van der Waals surface area contributed by atoms with E-state index in [1.54, 1.807) is 0 Å². The molecule has 5 aliphatic heterocycles. The first-order valence-electron chi connectivity index (χ1n) is 11.4. The number of amides is 1. The highest BCUT2D eigenvalue weighted by Crippen LogP contribution is 2.40. The van der Waals surface area contributed by atoms with Gasteiger partial charge >= 0.3 is 6.09 Å². The van der Waals surface area contributed by atoms with Crippen molar-refractivity contribution in [2.45, 2.75) is 31.4 Å². The molecule has 2 bridgehead atoms. The SMILES string of the molecule is O=C(O[C@@H]1CN2CCC1CC2)N1CCc2ccccc2[C@@H]1c1ccc2c(c1)OCCO2. The smallest absolute Gasteiger partial charge is 0.410 e. The van der Waals surface area contributed by atoms with Gasteiger partial charge in [0, 0.05) is 13.1 Å². The van der Waals surface area contributed by atoms with Crippen molar-refractivity contribution in [2.24, 2.45) is 5.92 Å². The fourth-order valence-electron chi connectivity index (χ4n) is 5.59. The molecule has 162 valence electrons. The van der Waals surface area contributed by atoms with Crippen LogP contribution in [0.15, 0.2) is 42.5 Å². The van der Waals surface area contributed by atoms with Crippen LogP contribution in [0.3, 0.4) is 0 Å². The first-order chi connectivity index (χ1) is 15.3. The molecule has 0 aromatic heterocycles. The van der Waals surface area contributed by atoms with E-state index in [9.17, 15) is 4.79 Å². The number of benzene rings is 2. The third-order valence-electron chi connectivity index (χ3n) is 7.25. The molecule has 3 saturated heterocycles. The summed E-state index contributed by atoms with van der Waals surface area (Å²) in [5, 5.41) is 0. The zero-order valence-electron chi connectivity index (χ0n) is 17.7. The molecule has 0 unspecified atom stereocenters. The Morgan fingerprint density at radius 1 is 0.968 bits per heavy atom. The van der Waals surface area contributed by atoms with Gasteiger partial charge in [-0.15, -0.1) is 0 Å². The second-order valence-corrected chi connectivity index (χ2v) is 9.01. The Hall–Kier alpha value is -2.73. The lowest BCUT2D eigenvalue weighted by Gasteiger charge is -2.45. The Labute approximate surface area is 182 Å². The van der Waals surface area contributed by atoms with E-state index in [1.165, 1.54) is 5.56 Å². The molecule has 6 heteroatoms. The molecule has 0 N–H and O–H groups in total. The van der Waals surface area contributed by atoms with Crippen LogP contribution in [0, 0.1) is 5.92 Å². The molecule has 0 radical (unpaired) electrons. The quantitative estimate of drug-likeness (QED) is 0.743. The number of ether oxygens (including phenoxy) is 3. The molecule has 2 aromatic carbocycles. The molecule has 0 aliphatic carbocycles. The zero-order valence-corrected chi connectivity index (χ0v) is 17.7. The molecule has 7 rings (SSSR count). The van der Waals surface area contributed by atoms with Gasteiger partial charge < -0.3 is 14.2 Å². The maximum atomic E-state index is 13.5. The number of rotatable bonds is 2. The van der Waals surface area contributed by atoms with Gasteiger partial charge in [0.05, 0.1) is 6.04 Å². The van der Waals surface area contributed by atoms with E-state index in [0.717, 1.165) is 61.5 Å². The van der Waals surface area contributed by atoms with Crippen LogP contribution >= 0.6 is 0 Å². The largest absolute Gasteiger partial charge is 0.486 e. The zero-order chi connectivity index (χ0) is 20.8. The molecule has 2 aromatic rings. The Morgan fingerprint density at radius 3 is 2.58 bits per heavy atom. The van der Waals surface area contributed by atoms with Gasteiger partial charge in [0.25, 0.3) is 0 Å². The molecule has 2 atom stereocenters. The summed E-state index contributed by atoms with van der Waals surface area (Å²) in [7, 11) is 0. The summed E-state index contributed by atoms with van der Waals surface area (Å²) in [5.74, 6) is 2.01. The minimum absolute atomic E-state index is 0.00749. The lowest BCUT2D eigenvalue weighted by Crippen LogP contribution is -2.53. The van der Waals surface area contributed by atoms with Crippen LogP contribution in [-0.4, -0.2) is 61.4 Å². The molecular formula is C25H28N2O4. The standard InChI is InChI=1S/C25H28N2O4/c28-25(31-23-16-26-10-7-18(23)8-11-26)27-12-9-17-3-1-2-4-20(17)24(27)19-5-6-21-22(15-19)30-14-13-29-21/h1-6,15,18,23-24H,7-14,16H2/t23-,24+/m1/s1. The molecular weight excluding hydrogens is 392 g/mol. The molecule has 0 saturated carbocycles. The number of carbonyl (C=O) groups is 1. The highest BCUT2D eigenvalue weighted by molar-refractivity contribution is 5.70. The van der Waals surface area contributed by atoms with Gasteiger partial charge in [-0.05, 0) is 67.1 Å². The van der Waals surface area contributed by atoms with Gasteiger partial charge in [0.2, 0.25) is 0 Å². The van der Waals surface area contributed by atoms with E-state index >= 15 is 0 Å². The van der Waals surface area contributed by atoms with Crippen LogP contribution in [0.5, 0.6) is 11.5 Å². The second kappa shape index (κ2) is 7.75. The summed E-state index contributed by atoms with van der Waals surface area (Å²) in [6.07, 6.45) is 2.91. The number of hydrogen-bond acceptors (Lipinski definition) is 5. The number of nitrogens with zero attached hydrogens (tertiary/aromatic N) is 2. The Balaban J connectivity index is 1.32. The number of piperidine rings is 3. The third-order valence-corrected chi connectivity index (χ3v) is 7.25. The summed E-state index contributed by atoms with van der Waals surface area (Å²) in [4.78, 5) is 17.8. The number of carbonyl (C=O) groups excluding carboxylic acids is 1. The maximum absolute atomic E-state index is 13.5. The molecule has 5 aliphatic rings. The maximum Gasteiger partial charge on any atom is 0.410 e. The van der Waals surface area contributed by atoms with Gasteiger partial charge in [-0.3, -0.25) is 9.80 Å². The van der Waals surface area contributed by atoms with Crippen LogP contribution in [0.1, 0.15) is 35.6 Å². The fourth-order valence-corrected chi connectivity index (χ4v) is 5.59. The number of hydrogen-bond donors (Lipinski definition) is 0. The topological polar surface area (TPSA) is 51.2 Å². The van der Waals surface area contributed by atoms with Gasteiger partial charge in [0.15, 0.2) is 11.5 Å². The summed E-state index contributed by atoms with van der Waals surface area (Å²) in [6.45, 7) is 4.90. The molecule has 0 spiro atoms. The predicted octanol–water partition coefficient (Wildman–Crippen LogP) is 3.64. The van der Waals surface area contributed by atoms with Crippen LogP contribution in [-0.2, 0) is 11.2 Å². The predicted molar refractivity (Wildman–Crippen MR) is 116 cm³/mol. The Morgan fingerprint density at radius 2 is 1.77 bits per heavy atom. The first kappa shape index (κ1) is 19.0. The van der Waals surface area contributed by atoms with E-state index in [2.05, 4.69) is 29.2 Å². The van der Waals surface area contributed by atoms with Crippen molar-refractivity contribution in [3.05, 3.63) is 59.2 Å². The monoisotopic (exact) mass is 420 g/mol. The van der Waals surface area contributed by atoms with E-state index in [1.807, 2.05) is 23.1 Å². The van der Waals surface area contributed by atoms with Gasteiger partial charge in [-0.2, -0.15) is 0 Å². The summed E-state index contributed by atoms with van der Waals surface area (Å²) in [6, 6.07) is 14.3. The minimum Gasteiger partial charge on any atom is -0.486 e. The molecule has 3 fully saturated rings. The van der Waals surface area contributed by atoms with Crippen LogP contribution < -0.4 is 9.47 Å². The van der Waals surface area contributed by atoms with Crippen molar-refractivity contribution in [1.82, 2.24) is 9.80 Å². The van der Waals surface area contributed by atoms with E-state index in [4.69, 9.17) is 14.2 Å². The highest BCUT2D eigenvalue weighted by Gasteiger charge is 2.39. The van der Waals surface area contributed by atoms with Gasteiger partial charge in [-0.1, -0.05) is 30.3 Å². The van der Waals surface area contributed by atoms with E-state index in [-0.39, 0.29) is 18.2 Å². The van der Waals surface area contributed by atoms with Crippen LogP contribution in [0.2, 0.25) is 0 Å². The Bertz CT molecular complexity index is 985. The third kappa shape index (κ3) is 3.43. The fraction of sp³-hybridized carbons (Fsp3) is 0.480. The van der Waals surface area contributed by atoms with E-state index < -0.39 is 0 Å².